The number of rotatable bonds is 5. The van der Waals surface area contributed by atoms with Crippen LogP contribution in [0, 0.1) is 13.8 Å². The van der Waals surface area contributed by atoms with E-state index in [2.05, 4.69) is 4.90 Å². The molecule has 5 heteroatoms. The second kappa shape index (κ2) is 8.72. The first kappa shape index (κ1) is 20.3. The number of phenols is 2. The number of halogens is 2. The maximum absolute atomic E-state index is 10.4. The van der Waals surface area contributed by atoms with E-state index in [0.717, 1.165) is 35.1 Å². The Morgan fingerprint density at radius 2 is 1.26 bits per heavy atom. The van der Waals surface area contributed by atoms with Gasteiger partial charge in [-0.3, -0.25) is 4.90 Å². The molecule has 2 aromatic carbocycles. The van der Waals surface area contributed by atoms with E-state index in [-0.39, 0.29) is 11.5 Å². The SMILES string of the molecule is Cc1cc(Cl)c(O)c(CN(Cc2cc(C)cc(Cl)c2O)C2CCCCC2)c1. The molecule has 27 heavy (non-hydrogen) atoms. The summed E-state index contributed by atoms with van der Waals surface area (Å²) in [7, 11) is 0. The van der Waals surface area contributed by atoms with Crippen molar-refractivity contribution in [2.75, 3.05) is 0 Å². The fourth-order valence-corrected chi connectivity index (χ4v) is 4.64. The molecule has 0 amide bonds. The molecule has 0 bridgehead atoms. The summed E-state index contributed by atoms with van der Waals surface area (Å²) in [4.78, 5) is 2.34. The third kappa shape index (κ3) is 4.90. The van der Waals surface area contributed by atoms with Crippen molar-refractivity contribution in [3.8, 4) is 11.5 Å². The molecule has 3 rings (SSSR count). The Bertz CT molecular complexity index is 757. The lowest BCUT2D eigenvalue weighted by molar-refractivity contribution is 0.137. The standard InChI is InChI=1S/C22H27Cl2NO2/c1-14-8-16(21(26)19(23)10-14)12-25(18-6-4-3-5-7-18)13-17-9-15(2)11-20(24)22(17)27/h8-11,18,26-27H,3-7,12-13H2,1-2H3. The van der Waals surface area contributed by atoms with Crippen molar-refractivity contribution in [1.29, 1.82) is 0 Å². The third-order valence-electron chi connectivity index (χ3n) is 5.41. The van der Waals surface area contributed by atoms with Crippen LogP contribution in [0.2, 0.25) is 10.0 Å². The zero-order valence-corrected chi connectivity index (χ0v) is 17.4. The summed E-state index contributed by atoms with van der Waals surface area (Å²) in [6, 6.07) is 7.94. The van der Waals surface area contributed by atoms with Gasteiger partial charge >= 0.3 is 0 Å². The number of nitrogens with zero attached hydrogens (tertiary/aromatic N) is 1. The molecule has 0 unspecified atom stereocenters. The summed E-state index contributed by atoms with van der Waals surface area (Å²) in [6.45, 7) is 5.13. The molecule has 2 aromatic rings. The number of benzene rings is 2. The van der Waals surface area contributed by atoms with Crippen molar-refractivity contribution in [2.45, 2.75) is 65.1 Å². The molecular formula is C22H27Cl2NO2. The van der Waals surface area contributed by atoms with Crippen LogP contribution in [0.15, 0.2) is 24.3 Å². The first-order valence-corrected chi connectivity index (χ1v) is 10.3. The molecule has 146 valence electrons. The van der Waals surface area contributed by atoms with Crippen molar-refractivity contribution in [2.24, 2.45) is 0 Å². The number of phenolic OH excluding ortho intramolecular Hbond substituents is 2. The van der Waals surface area contributed by atoms with E-state index >= 15 is 0 Å². The fourth-order valence-electron chi connectivity index (χ4n) is 4.05. The zero-order chi connectivity index (χ0) is 19.6. The summed E-state index contributed by atoms with van der Waals surface area (Å²) >= 11 is 12.4. The highest BCUT2D eigenvalue weighted by Crippen LogP contribution is 2.35. The average Bonchev–Trinajstić information content (AvgIpc) is 2.63. The van der Waals surface area contributed by atoms with E-state index in [1.54, 1.807) is 12.1 Å². The molecule has 1 aliphatic rings. The number of hydrogen-bond donors (Lipinski definition) is 2. The highest BCUT2D eigenvalue weighted by Gasteiger charge is 2.24. The van der Waals surface area contributed by atoms with Crippen molar-refractivity contribution in [3.63, 3.8) is 0 Å². The Labute approximate surface area is 171 Å². The average molecular weight is 408 g/mol. The second-order valence-corrected chi connectivity index (χ2v) is 8.52. The molecular weight excluding hydrogens is 381 g/mol. The van der Waals surface area contributed by atoms with Gasteiger partial charge in [0.25, 0.3) is 0 Å². The Kier molecular flexibility index (Phi) is 6.56. The zero-order valence-electron chi connectivity index (χ0n) is 15.9. The highest BCUT2D eigenvalue weighted by molar-refractivity contribution is 6.32. The third-order valence-corrected chi connectivity index (χ3v) is 5.99. The van der Waals surface area contributed by atoms with Gasteiger partial charge in [-0.2, -0.15) is 0 Å². The van der Waals surface area contributed by atoms with Crippen LogP contribution in [0.3, 0.4) is 0 Å². The summed E-state index contributed by atoms with van der Waals surface area (Å²) < 4.78 is 0. The normalized spacial score (nSPS) is 15.4. The predicted octanol–water partition coefficient (Wildman–Crippen LogP) is 6.36. The van der Waals surface area contributed by atoms with E-state index in [1.807, 2.05) is 26.0 Å². The Morgan fingerprint density at radius 3 is 1.70 bits per heavy atom. The molecule has 0 radical (unpaired) electrons. The van der Waals surface area contributed by atoms with E-state index in [0.29, 0.717) is 29.2 Å². The minimum absolute atomic E-state index is 0.148. The van der Waals surface area contributed by atoms with Crippen LogP contribution in [0.4, 0.5) is 0 Å². The van der Waals surface area contributed by atoms with E-state index in [4.69, 9.17) is 23.2 Å². The van der Waals surface area contributed by atoms with Gasteiger partial charge in [-0.15, -0.1) is 0 Å². The van der Waals surface area contributed by atoms with Crippen LogP contribution in [-0.2, 0) is 13.1 Å². The van der Waals surface area contributed by atoms with E-state index in [9.17, 15) is 10.2 Å². The minimum Gasteiger partial charge on any atom is -0.506 e. The van der Waals surface area contributed by atoms with Crippen LogP contribution < -0.4 is 0 Å². The molecule has 1 aliphatic carbocycles. The van der Waals surface area contributed by atoms with Crippen molar-refractivity contribution < 1.29 is 10.2 Å². The summed E-state index contributed by atoms with van der Waals surface area (Å²) in [5.74, 6) is 0.296. The van der Waals surface area contributed by atoms with Crippen molar-refractivity contribution >= 4 is 23.2 Å². The van der Waals surface area contributed by atoms with Crippen molar-refractivity contribution in [1.82, 2.24) is 4.90 Å². The molecule has 0 aromatic heterocycles. The van der Waals surface area contributed by atoms with Gasteiger partial charge < -0.3 is 10.2 Å². The van der Waals surface area contributed by atoms with E-state index < -0.39 is 0 Å². The van der Waals surface area contributed by atoms with Crippen LogP contribution >= 0.6 is 23.2 Å². The van der Waals surface area contributed by atoms with E-state index in [1.165, 1.54) is 19.3 Å². The highest BCUT2D eigenvalue weighted by atomic mass is 35.5. The molecule has 2 N–H and O–H groups in total. The number of aryl methyl sites for hydroxylation is 2. The first-order chi connectivity index (χ1) is 12.8. The first-order valence-electron chi connectivity index (χ1n) is 9.55. The molecule has 3 nitrogen and oxygen atoms in total. The van der Waals surface area contributed by atoms with Gasteiger partial charge in [0.15, 0.2) is 0 Å². The molecule has 0 saturated heterocycles. The molecule has 0 atom stereocenters. The predicted molar refractivity (Wildman–Crippen MR) is 112 cm³/mol. The van der Waals surface area contributed by atoms with Crippen LogP contribution in [0.1, 0.15) is 54.4 Å². The molecule has 0 spiro atoms. The Morgan fingerprint density at radius 1 is 0.815 bits per heavy atom. The lowest BCUT2D eigenvalue weighted by Crippen LogP contribution is -2.36. The van der Waals surface area contributed by atoms with Crippen LogP contribution in [0.25, 0.3) is 0 Å². The van der Waals surface area contributed by atoms with Gasteiger partial charge in [-0.25, -0.2) is 0 Å². The monoisotopic (exact) mass is 407 g/mol. The van der Waals surface area contributed by atoms with Crippen LogP contribution in [-0.4, -0.2) is 21.2 Å². The molecule has 0 aliphatic heterocycles. The largest absolute Gasteiger partial charge is 0.506 e. The number of aromatic hydroxyl groups is 2. The lowest BCUT2D eigenvalue weighted by atomic mass is 9.93. The Balaban J connectivity index is 1.92. The Hall–Kier alpha value is -1.42. The molecule has 0 heterocycles. The molecule has 1 fully saturated rings. The van der Waals surface area contributed by atoms with Crippen LogP contribution in [0.5, 0.6) is 11.5 Å². The van der Waals surface area contributed by atoms with Gasteiger partial charge in [0.2, 0.25) is 0 Å². The maximum atomic E-state index is 10.4. The maximum Gasteiger partial charge on any atom is 0.138 e. The lowest BCUT2D eigenvalue weighted by Gasteiger charge is -2.35. The number of hydrogen-bond acceptors (Lipinski definition) is 3. The molecule has 1 saturated carbocycles. The quantitative estimate of drug-likeness (QED) is 0.605. The fraction of sp³-hybridized carbons (Fsp3) is 0.455. The summed E-state index contributed by atoms with van der Waals surface area (Å²) in [5, 5.41) is 21.7. The minimum atomic E-state index is 0.148. The van der Waals surface area contributed by atoms with Gasteiger partial charge in [0.05, 0.1) is 10.0 Å². The topological polar surface area (TPSA) is 43.7 Å². The smallest absolute Gasteiger partial charge is 0.138 e. The van der Waals surface area contributed by atoms with Gasteiger partial charge in [0.1, 0.15) is 11.5 Å². The van der Waals surface area contributed by atoms with Crippen molar-refractivity contribution in [3.05, 3.63) is 56.6 Å². The van der Waals surface area contributed by atoms with Gasteiger partial charge in [0, 0.05) is 30.3 Å². The summed E-state index contributed by atoms with van der Waals surface area (Å²) in [5.41, 5.74) is 3.70. The summed E-state index contributed by atoms with van der Waals surface area (Å²) in [6.07, 6.45) is 5.94. The van der Waals surface area contributed by atoms with Gasteiger partial charge in [-0.1, -0.05) is 54.6 Å². The van der Waals surface area contributed by atoms with Gasteiger partial charge in [-0.05, 0) is 49.9 Å². The second-order valence-electron chi connectivity index (χ2n) is 7.71.